The molecule has 0 amide bonds. The fourth-order valence-electron chi connectivity index (χ4n) is 1.27. The van der Waals surface area contributed by atoms with E-state index in [2.05, 4.69) is 11.1 Å². The highest BCUT2D eigenvalue weighted by molar-refractivity contribution is 5.50. The van der Waals surface area contributed by atoms with Gasteiger partial charge in [0.1, 0.15) is 11.7 Å². The van der Waals surface area contributed by atoms with Crippen molar-refractivity contribution in [2.24, 2.45) is 0 Å². The zero-order valence-electron chi connectivity index (χ0n) is 6.65. The molecule has 58 valence electrons. The summed E-state index contributed by atoms with van der Waals surface area (Å²) in [5.41, 5.74) is 2.60. The fourth-order valence-corrected chi connectivity index (χ4v) is 1.27. The molecule has 3 heteroatoms. The Kier molecular flexibility index (Phi) is 1.34. The van der Waals surface area contributed by atoms with E-state index in [9.17, 15) is 0 Å². The third kappa shape index (κ3) is 0.857. The summed E-state index contributed by atoms with van der Waals surface area (Å²) in [5, 5.41) is 8.68. The lowest BCUT2D eigenvalue weighted by molar-refractivity contribution is 1.15. The zero-order valence-corrected chi connectivity index (χ0v) is 6.65. The summed E-state index contributed by atoms with van der Waals surface area (Å²) in [6, 6.07) is 3.94. The highest BCUT2D eigenvalue weighted by Crippen LogP contribution is 2.09. The lowest BCUT2D eigenvalue weighted by atomic mass is 10.2. The molecule has 2 aromatic rings. The average Bonchev–Trinajstić information content (AvgIpc) is 2.52. The van der Waals surface area contributed by atoms with Gasteiger partial charge in [0.25, 0.3) is 0 Å². The molecule has 0 atom stereocenters. The van der Waals surface area contributed by atoms with Gasteiger partial charge >= 0.3 is 0 Å². The van der Waals surface area contributed by atoms with Crippen molar-refractivity contribution in [2.75, 3.05) is 0 Å². The Morgan fingerprint density at radius 1 is 1.58 bits per heavy atom. The molecule has 0 bridgehead atoms. The van der Waals surface area contributed by atoms with Crippen LogP contribution in [0, 0.1) is 18.3 Å². The van der Waals surface area contributed by atoms with Crippen molar-refractivity contribution in [3.8, 4) is 6.07 Å². The molecular weight excluding hydrogens is 150 g/mol. The summed E-state index contributed by atoms with van der Waals surface area (Å²) in [7, 11) is 0. The standard InChI is InChI=1S/C9H7N3/c1-7-4-8(5-10)6-12-3-2-11-9(7)12/h2-4,6H,1H3. The number of hydrogen-bond acceptors (Lipinski definition) is 2. The van der Waals surface area contributed by atoms with Gasteiger partial charge in [0.05, 0.1) is 5.56 Å². The van der Waals surface area contributed by atoms with Crippen molar-refractivity contribution in [1.82, 2.24) is 9.38 Å². The summed E-state index contributed by atoms with van der Waals surface area (Å²) >= 11 is 0. The van der Waals surface area contributed by atoms with Crippen LogP contribution in [0.1, 0.15) is 11.1 Å². The van der Waals surface area contributed by atoms with E-state index in [1.165, 1.54) is 0 Å². The Balaban J connectivity index is 2.86. The van der Waals surface area contributed by atoms with Crippen LogP contribution in [0.2, 0.25) is 0 Å². The number of nitriles is 1. The van der Waals surface area contributed by atoms with Crippen LogP contribution in [0.3, 0.4) is 0 Å². The third-order valence-electron chi connectivity index (χ3n) is 1.80. The maximum absolute atomic E-state index is 8.68. The van der Waals surface area contributed by atoms with Gasteiger partial charge in [0.2, 0.25) is 0 Å². The van der Waals surface area contributed by atoms with Crippen LogP contribution in [-0.2, 0) is 0 Å². The number of hydrogen-bond donors (Lipinski definition) is 0. The van der Waals surface area contributed by atoms with Crippen LogP contribution in [-0.4, -0.2) is 9.38 Å². The van der Waals surface area contributed by atoms with Crippen LogP contribution in [0.25, 0.3) is 5.65 Å². The minimum atomic E-state index is 0.665. The molecule has 0 unspecified atom stereocenters. The molecular formula is C9H7N3. The van der Waals surface area contributed by atoms with Crippen LogP contribution in [0.5, 0.6) is 0 Å². The first kappa shape index (κ1) is 6.86. The van der Waals surface area contributed by atoms with Crippen molar-refractivity contribution in [3.05, 3.63) is 35.8 Å². The monoisotopic (exact) mass is 157 g/mol. The first-order valence-electron chi connectivity index (χ1n) is 3.64. The van der Waals surface area contributed by atoms with Gasteiger partial charge in [-0.2, -0.15) is 5.26 Å². The Morgan fingerprint density at radius 3 is 3.17 bits per heavy atom. The second-order valence-corrected chi connectivity index (χ2v) is 2.68. The van der Waals surface area contributed by atoms with E-state index in [-0.39, 0.29) is 0 Å². The topological polar surface area (TPSA) is 41.1 Å². The molecule has 0 saturated carbocycles. The first-order chi connectivity index (χ1) is 5.81. The van der Waals surface area contributed by atoms with Crippen molar-refractivity contribution in [2.45, 2.75) is 6.92 Å². The van der Waals surface area contributed by atoms with Crippen molar-refractivity contribution >= 4 is 5.65 Å². The molecule has 0 aromatic carbocycles. The molecule has 0 N–H and O–H groups in total. The van der Waals surface area contributed by atoms with Gasteiger partial charge in [-0.05, 0) is 18.6 Å². The smallest absolute Gasteiger partial charge is 0.139 e. The van der Waals surface area contributed by atoms with Gasteiger partial charge in [0.15, 0.2) is 0 Å². The van der Waals surface area contributed by atoms with Crippen LogP contribution in [0.15, 0.2) is 24.7 Å². The third-order valence-corrected chi connectivity index (χ3v) is 1.80. The summed E-state index contributed by atoms with van der Waals surface area (Å²) < 4.78 is 1.86. The summed E-state index contributed by atoms with van der Waals surface area (Å²) in [4.78, 5) is 4.15. The number of aromatic nitrogens is 2. The summed E-state index contributed by atoms with van der Waals surface area (Å²) in [5.74, 6) is 0. The molecule has 3 nitrogen and oxygen atoms in total. The van der Waals surface area contributed by atoms with E-state index >= 15 is 0 Å². The zero-order chi connectivity index (χ0) is 8.55. The Labute approximate surface area is 69.9 Å². The van der Waals surface area contributed by atoms with E-state index < -0.39 is 0 Å². The molecule has 0 fully saturated rings. The molecule has 2 heterocycles. The second-order valence-electron chi connectivity index (χ2n) is 2.68. The average molecular weight is 157 g/mol. The summed E-state index contributed by atoms with van der Waals surface area (Å²) in [6.45, 7) is 1.95. The van der Waals surface area contributed by atoms with Crippen LogP contribution >= 0.6 is 0 Å². The van der Waals surface area contributed by atoms with Gasteiger partial charge in [-0.3, -0.25) is 0 Å². The van der Waals surface area contributed by atoms with Gasteiger partial charge in [0, 0.05) is 18.6 Å². The molecule has 2 rings (SSSR count). The molecule has 0 spiro atoms. The van der Waals surface area contributed by atoms with E-state index in [0.29, 0.717) is 5.56 Å². The minimum Gasteiger partial charge on any atom is -0.306 e. The van der Waals surface area contributed by atoms with Gasteiger partial charge in [-0.15, -0.1) is 0 Å². The van der Waals surface area contributed by atoms with Gasteiger partial charge < -0.3 is 4.40 Å². The highest BCUT2D eigenvalue weighted by atomic mass is 15.0. The minimum absolute atomic E-state index is 0.665. The number of nitrogens with zero attached hydrogens (tertiary/aromatic N) is 3. The largest absolute Gasteiger partial charge is 0.306 e. The highest BCUT2D eigenvalue weighted by Gasteiger charge is 1.99. The quantitative estimate of drug-likeness (QED) is 0.581. The molecule has 0 aliphatic rings. The molecule has 0 radical (unpaired) electrons. The normalized spacial score (nSPS) is 10.0. The maximum Gasteiger partial charge on any atom is 0.139 e. The number of imidazole rings is 1. The molecule has 0 aliphatic heterocycles. The predicted octanol–water partition coefficient (Wildman–Crippen LogP) is 1.51. The molecule has 0 aliphatic carbocycles. The van der Waals surface area contributed by atoms with E-state index in [1.54, 1.807) is 12.4 Å². The van der Waals surface area contributed by atoms with Crippen molar-refractivity contribution in [3.63, 3.8) is 0 Å². The number of aryl methyl sites for hydroxylation is 1. The number of rotatable bonds is 0. The fraction of sp³-hybridized carbons (Fsp3) is 0.111. The number of pyridine rings is 1. The Bertz CT molecular complexity index is 462. The van der Waals surface area contributed by atoms with Crippen LogP contribution in [0.4, 0.5) is 0 Å². The van der Waals surface area contributed by atoms with E-state index in [4.69, 9.17) is 5.26 Å². The molecule has 0 saturated heterocycles. The predicted molar refractivity (Wildman–Crippen MR) is 44.6 cm³/mol. The Hall–Kier alpha value is -1.82. The van der Waals surface area contributed by atoms with Crippen molar-refractivity contribution < 1.29 is 0 Å². The number of fused-ring (bicyclic) bond motifs is 1. The van der Waals surface area contributed by atoms with Crippen LogP contribution < -0.4 is 0 Å². The first-order valence-corrected chi connectivity index (χ1v) is 3.64. The van der Waals surface area contributed by atoms with Gasteiger partial charge in [-0.1, -0.05) is 0 Å². The lowest BCUT2D eigenvalue weighted by Crippen LogP contribution is -1.88. The maximum atomic E-state index is 8.68. The van der Waals surface area contributed by atoms with E-state index in [1.807, 2.05) is 23.6 Å². The van der Waals surface area contributed by atoms with E-state index in [0.717, 1.165) is 11.2 Å². The lowest BCUT2D eigenvalue weighted by Gasteiger charge is -1.97. The van der Waals surface area contributed by atoms with Crippen molar-refractivity contribution in [1.29, 1.82) is 5.26 Å². The summed E-state index contributed by atoms with van der Waals surface area (Å²) in [6.07, 6.45) is 5.34. The van der Waals surface area contributed by atoms with Gasteiger partial charge in [-0.25, -0.2) is 4.98 Å². The second kappa shape index (κ2) is 2.35. The SMILES string of the molecule is Cc1cc(C#N)cn2ccnc12. The molecule has 2 aromatic heterocycles. The Morgan fingerprint density at radius 2 is 2.42 bits per heavy atom. The molecule has 12 heavy (non-hydrogen) atoms.